The summed E-state index contributed by atoms with van der Waals surface area (Å²) in [6.45, 7) is 7.86. The maximum Gasteiger partial charge on any atom is 0.303 e. The van der Waals surface area contributed by atoms with Crippen molar-refractivity contribution in [1.82, 2.24) is 0 Å². The predicted molar refractivity (Wildman–Crippen MR) is 70.1 cm³/mol. The summed E-state index contributed by atoms with van der Waals surface area (Å²) in [6, 6.07) is 0. The minimum Gasteiger partial charge on any atom is -0.481 e. The molecule has 4 heteroatoms. The van der Waals surface area contributed by atoms with Gasteiger partial charge in [-0.25, -0.2) is 0 Å². The summed E-state index contributed by atoms with van der Waals surface area (Å²) in [5, 5.41) is 16.4. The summed E-state index contributed by atoms with van der Waals surface area (Å²) >= 11 is 0. The lowest BCUT2D eigenvalue weighted by molar-refractivity contribution is -0.139. The Kier molecular flexibility index (Phi) is 16.3. The Labute approximate surface area is 105 Å². The van der Waals surface area contributed by atoms with Gasteiger partial charge >= 0.3 is 11.9 Å². The van der Waals surface area contributed by atoms with Gasteiger partial charge < -0.3 is 10.2 Å². The first-order valence-corrected chi connectivity index (χ1v) is 5.76. The minimum atomic E-state index is -0.695. The zero-order valence-corrected chi connectivity index (χ0v) is 10.7. The van der Waals surface area contributed by atoms with E-state index in [-0.39, 0.29) is 7.43 Å². The fraction of sp³-hybridized carbons (Fsp3) is 0.846. The van der Waals surface area contributed by atoms with Crippen molar-refractivity contribution < 1.29 is 19.8 Å². The highest BCUT2D eigenvalue weighted by molar-refractivity contribution is 5.67. The largest absolute Gasteiger partial charge is 0.481 e. The lowest BCUT2D eigenvalue weighted by Gasteiger charge is -2.00. The lowest BCUT2D eigenvalue weighted by Crippen LogP contribution is -2.02. The normalized spacial score (nSPS) is 12.5. The lowest BCUT2D eigenvalue weighted by atomic mass is 10.1. The van der Waals surface area contributed by atoms with Crippen LogP contribution in [0.3, 0.4) is 0 Å². The third kappa shape index (κ3) is 20.9. The first kappa shape index (κ1) is 21.2. The van der Waals surface area contributed by atoms with E-state index >= 15 is 0 Å². The molecular formula is C13H28O4. The summed E-state index contributed by atoms with van der Waals surface area (Å²) in [5.74, 6) is -0.737. The highest BCUT2D eigenvalue weighted by atomic mass is 16.4. The molecule has 0 heterocycles. The van der Waals surface area contributed by atoms with Crippen LogP contribution in [0.4, 0.5) is 0 Å². The van der Waals surface area contributed by atoms with Crippen LogP contribution in [0.25, 0.3) is 0 Å². The molecule has 0 aliphatic heterocycles. The van der Waals surface area contributed by atoms with Gasteiger partial charge in [0.05, 0.1) is 0 Å². The van der Waals surface area contributed by atoms with Crippen molar-refractivity contribution in [3.63, 3.8) is 0 Å². The zero-order chi connectivity index (χ0) is 13.1. The van der Waals surface area contributed by atoms with Crippen molar-refractivity contribution in [3.8, 4) is 0 Å². The molecule has 0 bridgehead atoms. The SMILES string of the molecule is C.CCC(C)CC(=O)O.CCC(C)CC(=O)O. The molecule has 0 aliphatic carbocycles. The second kappa shape index (κ2) is 13.0. The third-order valence-corrected chi connectivity index (χ3v) is 2.44. The van der Waals surface area contributed by atoms with Crippen molar-refractivity contribution in [2.24, 2.45) is 11.8 Å². The first-order chi connectivity index (χ1) is 7.33. The third-order valence-electron chi connectivity index (χ3n) is 2.44. The highest BCUT2D eigenvalue weighted by Crippen LogP contribution is 2.05. The number of carboxylic acid groups (broad SMARTS) is 2. The van der Waals surface area contributed by atoms with E-state index < -0.39 is 11.9 Å². The van der Waals surface area contributed by atoms with E-state index in [9.17, 15) is 9.59 Å². The first-order valence-electron chi connectivity index (χ1n) is 5.76. The van der Waals surface area contributed by atoms with Gasteiger partial charge in [0.2, 0.25) is 0 Å². The molecule has 17 heavy (non-hydrogen) atoms. The van der Waals surface area contributed by atoms with E-state index in [1.165, 1.54) is 0 Å². The predicted octanol–water partition coefficient (Wildman–Crippen LogP) is 3.65. The molecule has 0 radical (unpaired) electrons. The second-order valence-electron chi connectivity index (χ2n) is 4.22. The zero-order valence-electron chi connectivity index (χ0n) is 10.7. The molecule has 0 amide bonds. The van der Waals surface area contributed by atoms with Crippen LogP contribution < -0.4 is 0 Å². The van der Waals surface area contributed by atoms with Crippen LogP contribution in [0.15, 0.2) is 0 Å². The van der Waals surface area contributed by atoms with Gasteiger partial charge in [0.1, 0.15) is 0 Å². The molecule has 0 aromatic heterocycles. The number of carboxylic acids is 2. The van der Waals surface area contributed by atoms with E-state index in [0.717, 1.165) is 12.8 Å². The van der Waals surface area contributed by atoms with Crippen molar-refractivity contribution in [2.75, 3.05) is 0 Å². The fourth-order valence-corrected chi connectivity index (χ4v) is 0.885. The van der Waals surface area contributed by atoms with Gasteiger partial charge in [-0.05, 0) is 11.8 Å². The van der Waals surface area contributed by atoms with Gasteiger partial charge in [0.25, 0.3) is 0 Å². The molecular weight excluding hydrogens is 220 g/mol. The van der Waals surface area contributed by atoms with E-state index in [0.29, 0.717) is 24.7 Å². The molecule has 0 aromatic rings. The number of hydrogen-bond acceptors (Lipinski definition) is 2. The number of rotatable bonds is 6. The van der Waals surface area contributed by atoms with E-state index in [4.69, 9.17) is 10.2 Å². The monoisotopic (exact) mass is 248 g/mol. The van der Waals surface area contributed by atoms with E-state index in [1.807, 2.05) is 27.7 Å². The van der Waals surface area contributed by atoms with Gasteiger partial charge in [-0.3, -0.25) is 9.59 Å². The Morgan fingerprint density at radius 2 is 1.12 bits per heavy atom. The Hall–Kier alpha value is -1.06. The molecule has 2 N–H and O–H groups in total. The van der Waals surface area contributed by atoms with Crippen LogP contribution in [0.1, 0.15) is 60.8 Å². The van der Waals surface area contributed by atoms with Gasteiger partial charge in [-0.15, -0.1) is 0 Å². The van der Waals surface area contributed by atoms with Crippen LogP contribution in [-0.2, 0) is 9.59 Å². The molecule has 2 unspecified atom stereocenters. The van der Waals surface area contributed by atoms with Crippen molar-refractivity contribution in [1.29, 1.82) is 0 Å². The Balaban J connectivity index is -0.000000218. The molecule has 0 rings (SSSR count). The minimum absolute atomic E-state index is 0. The average molecular weight is 248 g/mol. The molecule has 0 aliphatic rings. The maximum absolute atomic E-state index is 9.97. The highest BCUT2D eigenvalue weighted by Gasteiger charge is 2.03. The number of carbonyl (C=O) groups is 2. The standard InChI is InChI=1S/2C6H12O2.CH4/c2*1-3-5(2)4-6(7)8;/h2*5H,3-4H2,1-2H3,(H,7,8);1H4. The van der Waals surface area contributed by atoms with Crippen LogP contribution in [0, 0.1) is 11.8 Å². The second-order valence-corrected chi connectivity index (χ2v) is 4.22. The van der Waals surface area contributed by atoms with Gasteiger partial charge in [0.15, 0.2) is 0 Å². The number of hydrogen-bond donors (Lipinski definition) is 2. The van der Waals surface area contributed by atoms with Gasteiger partial charge in [-0.1, -0.05) is 48.0 Å². The van der Waals surface area contributed by atoms with Crippen LogP contribution in [0.2, 0.25) is 0 Å². The number of aliphatic carboxylic acids is 2. The summed E-state index contributed by atoms with van der Waals surface area (Å²) in [5.41, 5.74) is 0. The molecule has 104 valence electrons. The van der Waals surface area contributed by atoms with Crippen LogP contribution in [0.5, 0.6) is 0 Å². The van der Waals surface area contributed by atoms with Crippen LogP contribution >= 0.6 is 0 Å². The van der Waals surface area contributed by atoms with Crippen LogP contribution in [-0.4, -0.2) is 22.2 Å². The van der Waals surface area contributed by atoms with E-state index in [1.54, 1.807) is 0 Å². The summed E-state index contributed by atoms with van der Waals surface area (Å²) < 4.78 is 0. The summed E-state index contributed by atoms with van der Waals surface area (Å²) in [7, 11) is 0. The smallest absolute Gasteiger partial charge is 0.303 e. The van der Waals surface area contributed by atoms with E-state index in [2.05, 4.69) is 0 Å². The maximum atomic E-state index is 9.97. The van der Waals surface area contributed by atoms with Gasteiger partial charge in [-0.2, -0.15) is 0 Å². The Bertz CT molecular complexity index is 180. The summed E-state index contributed by atoms with van der Waals surface area (Å²) in [4.78, 5) is 19.9. The van der Waals surface area contributed by atoms with Crippen molar-refractivity contribution in [2.45, 2.75) is 60.8 Å². The summed E-state index contributed by atoms with van der Waals surface area (Å²) in [6.07, 6.45) is 2.51. The fourth-order valence-electron chi connectivity index (χ4n) is 0.885. The van der Waals surface area contributed by atoms with Gasteiger partial charge in [0, 0.05) is 12.8 Å². The Morgan fingerprint density at radius 3 is 1.18 bits per heavy atom. The average Bonchev–Trinajstić information content (AvgIpc) is 2.16. The molecule has 0 aromatic carbocycles. The molecule has 0 saturated carbocycles. The van der Waals surface area contributed by atoms with Crippen molar-refractivity contribution >= 4 is 11.9 Å². The molecule has 0 saturated heterocycles. The topological polar surface area (TPSA) is 74.6 Å². The molecule has 2 atom stereocenters. The molecule has 0 spiro atoms. The Morgan fingerprint density at radius 1 is 0.882 bits per heavy atom. The molecule has 0 fully saturated rings. The molecule has 4 nitrogen and oxygen atoms in total. The quantitative estimate of drug-likeness (QED) is 0.752. The van der Waals surface area contributed by atoms with Crippen molar-refractivity contribution in [3.05, 3.63) is 0 Å².